The highest BCUT2D eigenvalue weighted by Gasteiger charge is 2.26. The molecule has 1 aliphatic heterocycles. The molecule has 1 aliphatic rings. The highest BCUT2D eigenvalue weighted by Crippen LogP contribution is 2.25. The summed E-state index contributed by atoms with van der Waals surface area (Å²) >= 11 is 0. The molecule has 0 saturated carbocycles. The fraction of sp³-hybridized carbons (Fsp3) is 0.421. The van der Waals surface area contributed by atoms with Crippen LogP contribution in [0, 0.1) is 5.92 Å². The van der Waals surface area contributed by atoms with Crippen molar-refractivity contribution in [2.24, 2.45) is 5.92 Å². The molecule has 0 spiro atoms. The van der Waals surface area contributed by atoms with Crippen LogP contribution in [0.2, 0.25) is 0 Å². The van der Waals surface area contributed by atoms with Gasteiger partial charge in [-0.1, -0.05) is 30.3 Å². The maximum Gasteiger partial charge on any atom is 0.223 e. The predicted molar refractivity (Wildman–Crippen MR) is 95.7 cm³/mol. The molecule has 2 aromatic rings. The number of carbonyl (C=O) groups excluding carboxylic acids is 1. The molecule has 0 unspecified atom stereocenters. The predicted octanol–water partition coefficient (Wildman–Crippen LogP) is 2.88. The first-order valence-electron chi connectivity index (χ1n) is 8.56. The lowest BCUT2D eigenvalue weighted by Gasteiger charge is -2.32. The molecule has 1 amide bonds. The molecule has 5 nitrogen and oxygen atoms in total. The zero-order valence-corrected chi connectivity index (χ0v) is 14.3. The standard InChI is InChI=1S/C19H24N4O/c1-14(2)22-19(24)16-8-10-23(11-9-16)18-12-17(20-13-21-18)15-6-4-3-5-7-15/h3-7,12-14,16H,8-11H2,1-2H3,(H,22,24). The molecule has 126 valence electrons. The smallest absolute Gasteiger partial charge is 0.223 e. The van der Waals surface area contributed by atoms with Gasteiger partial charge in [0.1, 0.15) is 12.1 Å². The van der Waals surface area contributed by atoms with E-state index in [1.165, 1.54) is 0 Å². The van der Waals surface area contributed by atoms with Crippen LogP contribution in [0.15, 0.2) is 42.7 Å². The third-order valence-electron chi connectivity index (χ3n) is 4.34. The van der Waals surface area contributed by atoms with E-state index < -0.39 is 0 Å². The van der Waals surface area contributed by atoms with Crippen molar-refractivity contribution >= 4 is 11.7 Å². The summed E-state index contributed by atoms with van der Waals surface area (Å²) in [6, 6.07) is 12.4. The van der Waals surface area contributed by atoms with Gasteiger partial charge in [0, 0.05) is 36.7 Å². The minimum absolute atomic E-state index is 0.110. The second kappa shape index (κ2) is 7.43. The summed E-state index contributed by atoms with van der Waals surface area (Å²) in [5.74, 6) is 1.22. The number of amides is 1. The zero-order valence-electron chi connectivity index (χ0n) is 14.3. The van der Waals surface area contributed by atoms with E-state index in [1.807, 2.05) is 38.1 Å². The van der Waals surface area contributed by atoms with Crippen LogP contribution in [0.5, 0.6) is 0 Å². The van der Waals surface area contributed by atoms with Gasteiger partial charge in [-0.25, -0.2) is 9.97 Å². The number of rotatable bonds is 4. The Kier molecular flexibility index (Phi) is 5.08. The Morgan fingerprint density at radius 2 is 1.88 bits per heavy atom. The molecule has 0 radical (unpaired) electrons. The molecule has 0 aliphatic carbocycles. The molecular formula is C19H24N4O. The average molecular weight is 324 g/mol. The maximum atomic E-state index is 12.1. The van der Waals surface area contributed by atoms with Crippen LogP contribution in [0.25, 0.3) is 11.3 Å². The van der Waals surface area contributed by atoms with E-state index in [9.17, 15) is 4.79 Å². The Bertz CT molecular complexity index is 679. The van der Waals surface area contributed by atoms with Crippen LogP contribution in [0.3, 0.4) is 0 Å². The van der Waals surface area contributed by atoms with E-state index in [0.717, 1.165) is 43.0 Å². The van der Waals surface area contributed by atoms with Gasteiger partial charge in [-0.2, -0.15) is 0 Å². The molecular weight excluding hydrogens is 300 g/mol. The Hall–Kier alpha value is -2.43. The van der Waals surface area contributed by atoms with E-state index in [0.29, 0.717) is 0 Å². The highest BCUT2D eigenvalue weighted by atomic mass is 16.1. The van der Waals surface area contributed by atoms with Gasteiger partial charge in [0.2, 0.25) is 5.91 Å². The maximum absolute atomic E-state index is 12.1. The molecule has 1 aromatic heterocycles. The molecule has 1 saturated heterocycles. The Labute approximate surface area is 143 Å². The summed E-state index contributed by atoms with van der Waals surface area (Å²) in [5.41, 5.74) is 2.02. The van der Waals surface area contributed by atoms with Gasteiger partial charge in [-0.3, -0.25) is 4.79 Å². The lowest BCUT2D eigenvalue weighted by atomic mass is 9.95. The molecule has 1 fully saturated rings. The SMILES string of the molecule is CC(C)NC(=O)C1CCN(c2cc(-c3ccccc3)ncn2)CC1. The van der Waals surface area contributed by atoms with Gasteiger partial charge < -0.3 is 10.2 Å². The van der Waals surface area contributed by atoms with E-state index >= 15 is 0 Å². The first-order valence-corrected chi connectivity index (χ1v) is 8.56. The number of carbonyl (C=O) groups is 1. The quantitative estimate of drug-likeness (QED) is 0.939. The third-order valence-corrected chi connectivity index (χ3v) is 4.34. The lowest BCUT2D eigenvalue weighted by Crippen LogP contribution is -2.42. The van der Waals surface area contributed by atoms with Crippen LogP contribution in [-0.2, 0) is 4.79 Å². The number of hydrogen-bond acceptors (Lipinski definition) is 4. The summed E-state index contributed by atoms with van der Waals surface area (Å²) in [7, 11) is 0. The van der Waals surface area contributed by atoms with E-state index in [-0.39, 0.29) is 17.9 Å². The topological polar surface area (TPSA) is 58.1 Å². The molecule has 1 aromatic carbocycles. The number of benzene rings is 1. The number of anilines is 1. The van der Waals surface area contributed by atoms with E-state index in [4.69, 9.17) is 0 Å². The van der Waals surface area contributed by atoms with Crippen molar-refractivity contribution in [1.82, 2.24) is 15.3 Å². The monoisotopic (exact) mass is 324 g/mol. The van der Waals surface area contributed by atoms with Crippen molar-refractivity contribution in [3.8, 4) is 11.3 Å². The van der Waals surface area contributed by atoms with Crippen molar-refractivity contribution in [2.45, 2.75) is 32.7 Å². The number of aromatic nitrogens is 2. The summed E-state index contributed by atoms with van der Waals surface area (Å²) in [4.78, 5) is 23.2. The Morgan fingerprint density at radius 1 is 1.17 bits per heavy atom. The Balaban J connectivity index is 1.66. The van der Waals surface area contributed by atoms with E-state index in [1.54, 1.807) is 6.33 Å². The highest BCUT2D eigenvalue weighted by molar-refractivity contribution is 5.79. The second-order valence-corrected chi connectivity index (χ2v) is 6.55. The van der Waals surface area contributed by atoms with E-state index in [2.05, 4.69) is 32.3 Å². The number of nitrogens with one attached hydrogen (secondary N) is 1. The third kappa shape index (κ3) is 3.91. The molecule has 0 bridgehead atoms. The molecule has 0 atom stereocenters. The van der Waals surface area contributed by atoms with Crippen molar-refractivity contribution in [1.29, 1.82) is 0 Å². The van der Waals surface area contributed by atoms with Crippen molar-refractivity contribution in [3.63, 3.8) is 0 Å². The van der Waals surface area contributed by atoms with Crippen molar-refractivity contribution < 1.29 is 4.79 Å². The van der Waals surface area contributed by atoms with Crippen LogP contribution >= 0.6 is 0 Å². The summed E-state index contributed by atoms with van der Waals surface area (Å²) in [6.07, 6.45) is 3.35. The van der Waals surface area contributed by atoms with Gasteiger partial charge in [-0.15, -0.1) is 0 Å². The Morgan fingerprint density at radius 3 is 2.54 bits per heavy atom. The van der Waals surface area contributed by atoms with Crippen LogP contribution < -0.4 is 10.2 Å². The molecule has 3 rings (SSSR count). The van der Waals surface area contributed by atoms with Gasteiger partial charge in [0.15, 0.2) is 0 Å². The molecule has 1 N–H and O–H groups in total. The normalized spacial score (nSPS) is 15.5. The van der Waals surface area contributed by atoms with Crippen LogP contribution in [-0.4, -0.2) is 35.0 Å². The molecule has 24 heavy (non-hydrogen) atoms. The van der Waals surface area contributed by atoms with Crippen molar-refractivity contribution in [2.75, 3.05) is 18.0 Å². The van der Waals surface area contributed by atoms with Gasteiger partial charge in [-0.05, 0) is 26.7 Å². The van der Waals surface area contributed by atoms with Gasteiger partial charge >= 0.3 is 0 Å². The fourth-order valence-corrected chi connectivity index (χ4v) is 3.06. The number of hydrogen-bond donors (Lipinski definition) is 1. The van der Waals surface area contributed by atoms with Gasteiger partial charge in [0.25, 0.3) is 0 Å². The minimum Gasteiger partial charge on any atom is -0.356 e. The summed E-state index contributed by atoms with van der Waals surface area (Å²) in [6.45, 7) is 5.70. The first kappa shape index (κ1) is 16.4. The largest absolute Gasteiger partial charge is 0.356 e. The fourth-order valence-electron chi connectivity index (χ4n) is 3.06. The lowest BCUT2D eigenvalue weighted by molar-refractivity contribution is -0.126. The summed E-state index contributed by atoms with van der Waals surface area (Å²) < 4.78 is 0. The van der Waals surface area contributed by atoms with Crippen LogP contribution in [0.1, 0.15) is 26.7 Å². The average Bonchev–Trinajstić information content (AvgIpc) is 2.62. The second-order valence-electron chi connectivity index (χ2n) is 6.55. The molecule has 2 heterocycles. The first-order chi connectivity index (χ1) is 11.6. The molecule has 5 heteroatoms. The summed E-state index contributed by atoms with van der Waals surface area (Å²) in [5, 5.41) is 3.01. The van der Waals surface area contributed by atoms with Crippen molar-refractivity contribution in [3.05, 3.63) is 42.7 Å². The number of nitrogens with zero attached hydrogens (tertiary/aromatic N) is 3. The number of piperidine rings is 1. The van der Waals surface area contributed by atoms with Crippen LogP contribution in [0.4, 0.5) is 5.82 Å². The zero-order chi connectivity index (χ0) is 16.9. The minimum atomic E-state index is 0.110. The van der Waals surface area contributed by atoms with Gasteiger partial charge in [0.05, 0.1) is 5.69 Å².